The van der Waals surface area contributed by atoms with Crippen LogP contribution in [0.4, 0.5) is 0 Å². The summed E-state index contributed by atoms with van der Waals surface area (Å²) in [5.74, 6) is 0.206. The number of aromatic nitrogens is 1. The van der Waals surface area contributed by atoms with Gasteiger partial charge in [0.1, 0.15) is 0 Å². The fourth-order valence-corrected chi connectivity index (χ4v) is 2.69. The number of carbonyl (C=O) groups is 1. The molecule has 0 aliphatic heterocycles. The number of hydrogen-bond acceptors (Lipinski definition) is 3. The van der Waals surface area contributed by atoms with Gasteiger partial charge in [-0.25, -0.2) is 4.98 Å². The summed E-state index contributed by atoms with van der Waals surface area (Å²) in [7, 11) is 0. The first-order valence-electron chi connectivity index (χ1n) is 5.68. The minimum atomic E-state index is 0.206. The molecule has 0 unspecified atom stereocenters. The Morgan fingerprint density at radius 1 is 1.24 bits per heavy atom. The van der Waals surface area contributed by atoms with Crippen molar-refractivity contribution in [3.63, 3.8) is 0 Å². The Morgan fingerprint density at radius 3 is 2.53 bits per heavy atom. The van der Waals surface area contributed by atoms with Crippen molar-refractivity contribution in [2.75, 3.05) is 0 Å². The van der Waals surface area contributed by atoms with Crippen molar-refractivity contribution < 1.29 is 4.79 Å². The van der Waals surface area contributed by atoms with E-state index in [4.69, 9.17) is 0 Å². The molecule has 0 aliphatic carbocycles. The number of hydrogen-bond donors (Lipinski definition) is 0. The zero-order valence-electron chi connectivity index (χ0n) is 10.1. The first-order valence-corrected chi connectivity index (χ1v) is 6.49. The second-order valence-corrected chi connectivity index (χ2v) is 5.26. The molecule has 2 aromatic rings. The van der Waals surface area contributed by atoms with Crippen molar-refractivity contribution in [1.29, 1.82) is 0 Å². The summed E-state index contributed by atoms with van der Waals surface area (Å²) in [5, 5.41) is 0.963. The molecule has 1 aromatic heterocycles. The van der Waals surface area contributed by atoms with Crippen molar-refractivity contribution in [2.45, 2.75) is 26.7 Å². The van der Waals surface area contributed by atoms with Gasteiger partial charge < -0.3 is 0 Å². The SMILES string of the molecule is Cc1nc(C)c(C(=O)CCc2ccccc2)s1. The van der Waals surface area contributed by atoms with Crippen LogP contribution in [0.1, 0.15) is 32.4 Å². The highest BCUT2D eigenvalue weighted by Gasteiger charge is 2.13. The molecule has 1 aromatic carbocycles. The molecule has 0 saturated heterocycles. The predicted octanol–water partition coefficient (Wildman–Crippen LogP) is 3.58. The largest absolute Gasteiger partial charge is 0.293 e. The van der Waals surface area contributed by atoms with Crippen molar-refractivity contribution in [1.82, 2.24) is 4.98 Å². The standard InChI is InChI=1S/C14H15NOS/c1-10-14(17-11(2)15-10)13(16)9-8-12-6-4-3-5-7-12/h3-7H,8-9H2,1-2H3. The Kier molecular flexibility index (Phi) is 3.69. The first-order chi connectivity index (χ1) is 8.16. The van der Waals surface area contributed by atoms with Crippen molar-refractivity contribution >= 4 is 17.1 Å². The summed E-state index contributed by atoms with van der Waals surface area (Å²) in [6, 6.07) is 10.1. The number of benzene rings is 1. The van der Waals surface area contributed by atoms with Crippen LogP contribution in [0.3, 0.4) is 0 Å². The van der Waals surface area contributed by atoms with Gasteiger partial charge in [0.15, 0.2) is 5.78 Å². The quantitative estimate of drug-likeness (QED) is 0.771. The van der Waals surface area contributed by atoms with Crippen LogP contribution in [0.2, 0.25) is 0 Å². The van der Waals surface area contributed by atoms with Gasteiger partial charge in [-0.3, -0.25) is 4.79 Å². The average molecular weight is 245 g/mol. The van der Waals surface area contributed by atoms with Crippen molar-refractivity contribution in [2.24, 2.45) is 0 Å². The first kappa shape index (κ1) is 12.0. The lowest BCUT2D eigenvalue weighted by Crippen LogP contribution is -2.00. The molecule has 88 valence electrons. The second kappa shape index (κ2) is 5.23. The summed E-state index contributed by atoms with van der Waals surface area (Å²) >= 11 is 1.50. The predicted molar refractivity (Wildman–Crippen MR) is 70.7 cm³/mol. The summed E-state index contributed by atoms with van der Waals surface area (Å²) < 4.78 is 0. The van der Waals surface area contributed by atoms with E-state index in [1.807, 2.05) is 32.0 Å². The van der Waals surface area contributed by atoms with Crippen LogP contribution in [-0.4, -0.2) is 10.8 Å². The Hall–Kier alpha value is -1.48. The molecular formula is C14H15NOS. The van der Waals surface area contributed by atoms with Gasteiger partial charge in [-0.15, -0.1) is 11.3 Å². The molecule has 1 heterocycles. The topological polar surface area (TPSA) is 30.0 Å². The maximum absolute atomic E-state index is 12.0. The molecule has 2 nitrogen and oxygen atoms in total. The lowest BCUT2D eigenvalue weighted by Gasteiger charge is -2.00. The van der Waals surface area contributed by atoms with E-state index in [1.165, 1.54) is 16.9 Å². The molecule has 3 heteroatoms. The zero-order valence-corrected chi connectivity index (χ0v) is 10.9. The molecule has 0 fully saturated rings. The Bertz CT molecular complexity index is 516. The van der Waals surface area contributed by atoms with Crippen LogP contribution in [-0.2, 0) is 6.42 Å². The van der Waals surface area contributed by atoms with Crippen LogP contribution >= 0.6 is 11.3 Å². The third-order valence-electron chi connectivity index (χ3n) is 2.64. The number of Topliss-reactive ketones (excluding diaryl/α,β-unsaturated/α-hetero) is 1. The molecule has 0 N–H and O–H groups in total. The van der Waals surface area contributed by atoms with Crippen LogP contribution in [0.15, 0.2) is 30.3 Å². The Labute approximate surface area is 105 Å². The maximum atomic E-state index is 12.0. The minimum absolute atomic E-state index is 0.206. The molecule has 0 radical (unpaired) electrons. The average Bonchev–Trinajstić information content (AvgIpc) is 2.67. The number of thiazole rings is 1. The molecule has 0 aliphatic rings. The van der Waals surface area contributed by atoms with Crippen molar-refractivity contribution in [3.05, 3.63) is 51.5 Å². The van der Waals surface area contributed by atoms with E-state index in [0.717, 1.165) is 22.0 Å². The molecular weight excluding hydrogens is 230 g/mol. The lowest BCUT2D eigenvalue weighted by atomic mass is 10.1. The molecule has 0 atom stereocenters. The summed E-state index contributed by atoms with van der Waals surface area (Å²) in [5.41, 5.74) is 2.07. The number of rotatable bonds is 4. The monoisotopic (exact) mass is 245 g/mol. The van der Waals surface area contributed by atoms with Crippen LogP contribution in [0.25, 0.3) is 0 Å². The van der Waals surface area contributed by atoms with E-state index in [1.54, 1.807) is 0 Å². The molecule has 2 rings (SSSR count). The summed E-state index contributed by atoms with van der Waals surface area (Å²) in [6.07, 6.45) is 1.36. The van der Waals surface area contributed by atoms with Gasteiger partial charge in [-0.1, -0.05) is 30.3 Å². The number of aryl methyl sites for hydroxylation is 3. The summed E-state index contributed by atoms with van der Waals surface area (Å²) in [6.45, 7) is 3.84. The number of carbonyl (C=O) groups excluding carboxylic acids is 1. The number of ketones is 1. The highest BCUT2D eigenvalue weighted by atomic mass is 32.1. The van der Waals surface area contributed by atoms with E-state index < -0.39 is 0 Å². The summed E-state index contributed by atoms with van der Waals surface area (Å²) in [4.78, 5) is 17.1. The third kappa shape index (κ3) is 3.01. The van der Waals surface area contributed by atoms with Gasteiger partial charge in [-0.05, 0) is 25.8 Å². The van der Waals surface area contributed by atoms with Gasteiger partial charge in [0, 0.05) is 6.42 Å². The van der Waals surface area contributed by atoms with Gasteiger partial charge in [-0.2, -0.15) is 0 Å². The van der Waals surface area contributed by atoms with E-state index >= 15 is 0 Å². The Balaban J connectivity index is 2.01. The molecule has 0 spiro atoms. The Morgan fingerprint density at radius 2 is 1.94 bits per heavy atom. The van der Waals surface area contributed by atoms with Gasteiger partial charge in [0.25, 0.3) is 0 Å². The minimum Gasteiger partial charge on any atom is -0.293 e. The highest BCUT2D eigenvalue weighted by Crippen LogP contribution is 2.19. The molecule has 0 saturated carbocycles. The van der Waals surface area contributed by atoms with Gasteiger partial charge in [0.05, 0.1) is 15.6 Å². The molecule has 17 heavy (non-hydrogen) atoms. The third-order valence-corrected chi connectivity index (χ3v) is 3.75. The van der Waals surface area contributed by atoms with Crippen LogP contribution < -0.4 is 0 Å². The highest BCUT2D eigenvalue weighted by molar-refractivity contribution is 7.13. The van der Waals surface area contributed by atoms with Crippen LogP contribution in [0, 0.1) is 13.8 Å². The molecule has 0 bridgehead atoms. The van der Waals surface area contributed by atoms with Crippen molar-refractivity contribution in [3.8, 4) is 0 Å². The van der Waals surface area contributed by atoms with E-state index in [9.17, 15) is 4.79 Å². The fourth-order valence-electron chi connectivity index (χ4n) is 1.81. The van der Waals surface area contributed by atoms with Crippen LogP contribution in [0.5, 0.6) is 0 Å². The maximum Gasteiger partial charge on any atom is 0.175 e. The lowest BCUT2D eigenvalue weighted by molar-refractivity contribution is 0.0986. The van der Waals surface area contributed by atoms with E-state index in [-0.39, 0.29) is 5.78 Å². The zero-order chi connectivity index (χ0) is 12.3. The molecule has 0 amide bonds. The van der Waals surface area contributed by atoms with E-state index in [0.29, 0.717) is 6.42 Å². The smallest absolute Gasteiger partial charge is 0.175 e. The fraction of sp³-hybridized carbons (Fsp3) is 0.286. The van der Waals surface area contributed by atoms with Gasteiger partial charge >= 0.3 is 0 Å². The normalized spacial score (nSPS) is 10.5. The van der Waals surface area contributed by atoms with E-state index in [2.05, 4.69) is 17.1 Å². The second-order valence-electron chi connectivity index (χ2n) is 4.06. The van der Waals surface area contributed by atoms with Gasteiger partial charge in [0.2, 0.25) is 0 Å². The number of nitrogens with zero attached hydrogens (tertiary/aromatic N) is 1.